The summed E-state index contributed by atoms with van der Waals surface area (Å²) < 4.78 is 0. The molecule has 1 aromatic rings. The number of carboxylic acid groups (broad SMARTS) is 1. The van der Waals surface area contributed by atoms with Gasteiger partial charge in [0.2, 0.25) is 0 Å². The van der Waals surface area contributed by atoms with Crippen molar-refractivity contribution >= 4 is 17.7 Å². The third kappa shape index (κ3) is 5.73. The normalized spacial score (nSPS) is 11.7. The van der Waals surface area contributed by atoms with Crippen molar-refractivity contribution in [1.82, 2.24) is 5.32 Å². The van der Waals surface area contributed by atoms with E-state index in [0.29, 0.717) is 12.2 Å². The van der Waals surface area contributed by atoms with E-state index in [2.05, 4.69) is 17.6 Å². The summed E-state index contributed by atoms with van der Waals surface area (Å²) in [4.78, 5) is 22.2. The average Bonchev–Trinajstić information content (AvgIpc) is 2.39. The number of urea groups is 1. The Labute approximate surface area is 119 Å². The van der Waals surface area contributed by atoms with Crippen LogP contribution in [-0.4, -0.2) is 23.7 Å². The molecule has 110 valence electrons. The van der Waals surface area contributed by atoms with E-state index in [1.54, 1.807) is 12.1 Å². The van der Waals surface area contributed by atoms with E-state index in [1.165, 1.54) is 0 Å². The van der Waals surface area contributed by atoms with Crippen molar-refractivity contribution in [3.63, 3.8) is 0 Å². The Morgan fingerprint density at radius 2 is 1.90 bits per heavy atom. The van der Waals surface area contributed by atoms with E-state index in [4.69, 9.17) is 5.11 Å². The Kier molecular flexibility index (Phi) is 6.56. The largest absolute Gasteiger partial charge is 0.481 e. The van der Waals surface area contributed by atoms with Gasteiger partial charge in [0.05, 0.1) is 6.42 Å². The number of amides is 2. The van der Waals surface area contributed by atoms with Crippen molar-refractivity contribution < 1.29 is 14.7 Å². The van der Waals surface area contributed by atoms with Crippen molar-refractivity contribution in [1.29, 1.82) is 0 Å². The van der Waals surface area contributed by atoms with E-state index >= 15 is 0 Å². The summed E-state index contributed by atoms with van der Waals surface area (Å²) in [6, 6.07) is 7.04. The van der Waals surface area contributed by atoms with Crippen LogP contribution in [0, 0.1) is 0 Å². The summed E-state index contributed by atoms with van der Waals surface area (Å²) in [6.45, 7) is 4.60. The van der Waals surface area contributed by atoms with Crippen molar-refractivity contribution in [2.24, 2.45) is 0 Å². The molecule has 1 rings (SSSR count). The minimum Gasteiger partial charge on any atom is -0.481 e. The van der Waals surface area contributed by atoms with E-state index in [9.17, 15) is 9.59 Å². The Balaban J connectivity index is 2.49. The van der Waals surface area contributed by atoms with Crippen molar-refractivity contribution in [3.05, 3.63) is 29.8 Å². The first-order valence-corrected chi connectivity index (χ1v) is 6.89. The van der Waals surface area contributed by atoms with Crippen LogP contribution in [0.3, 0.4) is 0 Å². The number of rotatable bonds is 7. The van der Waals surface area contributed by atoms with Gasteiger partial charge in [-0.2, -0.15) is 0 Å². The summed E-state index contributed by atoms with van der Waals surface area (Å²) in [5, 5.41) is 14.3. The molecule has 1 unspecified atom stereocenters. The number of anilines is 1. The van der Waals surface area contributed by atoms with Crippen LogP contribution in [0.15, 0.2) is 24.3 Å². The zero-order valence-electron chi connectivity index (χ0n) is 12.0. The molecule has 0 heterocycles. The van der Waals surface area contributed by atoms with Gasteiger partial charge >= 0.3 is 12.0 Å². The lowest BCUT2D eigenvalue weighted by Gasteiger charge is -2.11. The molecule has 3 N–H and O–H groups in total. The molecule has 0 aromatic heterocycles. The van der Waals surface area contributed by atoms with Gasteiger partial charge < -0.3 is 15.7 Å². The molecule has 0 aliphatic carbocycles. The van der Waals surface area contributed by atoms with Gasteiger partial charge in [-0.1, -0.05) is 32.4 Å². The molecule has 0 spiro atoms. The summed E-state index contributed by atoms with van der Waals surface area (Å²) in [7, 11) is 0. The Morgan fingerprint density at radius 3 is 2.45 bits per heavy atom. The molecule has 5 nitrogen and oxygen atoms in total. The molecule has 0 radical (unpaired) electrons. The third-order valence-corrected chi connectivity index (χ3v) is 3.03. The summed E-state index contributed by atoms with van der Waals surface area (Å²) in [5.41, 5.74) is 1.65. The zero-order valence-corrected chi connectivity index (χ0v) is 12.0. The highest BCUT2D eigenvalue weighted by Crippen LogP contribution is 2.20. The van der Waals surface area contributed by atoms with E-state index in [-0.39, 0.29) is 18.4 Å². The van der Waals surface area contributed by atoms with Crippen molar-refractivity contribution in [2.45, 2.75) is 39.0 Å². The van der Waals surface area contributed by atoms with Crippen molar-refractivity contribution in [2.75, 3.05) is 11.9 Å². The number of carbonyl (C=O) groups excluding carboxylic acids is 1. The average molecular weight is 278 g/mol. The molecule has 0 aliphatic heterocycles. The topological polar surface area (TPSA) is 78.4 Å². The monoisotopic (exact) mass is 278 g/mol. The van der Waals surface area contributed by atoms with Crippen LogP contribution in [0.25, 0.3) is 0 Å². The molecule has 0 aliphatic rings. The van der Waals surface area contributed by atoms with E-state index in [0.717, 1.165) is 18.4 Å². The second kappa shape index (κ2) is 8.19. The highest BCUT2D eigenvalue weighted by atomic mass is 16.4. The van der Waals surface area contributed by atoms with Gasteiger partial charge in [0.1, 0.15) is 0 Å². The van der Waals surface area contributed by atoms with Crippen molar-refractivity contribution in [3.8, 4) is 0 Å². The molecule has 1 aromatic carbocycles. The number of hydrogen-bond donors (Lipinski definition) is 3. The molecule has 20 heavy (non-hydrogen) atoms. The smallest absolute Gasteiger partial charge is 0.319 e. The van der Waals surface area contributed by atoms with Crippen LogP contribution in [0.5, 0.6) is 0 Å². The lowest BCUT2D eigenvalue weighted by Crippen LogP contribution is -2.29. The second-order valence-corrected chi connectivity index (χ2v) is 4.86. The first-order chi connectivity index (χ1) is 9.52. The maximum Gasteiger partial charge on any atom is 0.319 e. The Morgan fingerprint density at radius 1 is 1.25 bits per heavy atom. The fourth-order valence-corrected chi connectivity index (χ4v) is 1.83. The predicted molar refractivity (Wildman–Crippen MR) is 79.0 cm³/mol. The number of carboxylic acids is 1. The number of carbonyl (C=O) groups is 2. The first kappa shape index (κ1) is 16.0. The fraction of sp³-hybridized carbons (Fsp3) is 0.467. The van der Waals surface area contributed by atoms with Crippen LogP contribution in [0.2, 0.25) is 0 Å². The predicted octanol–water partition coefficient (Wildman–Crippen LogP) is 3.19. The lowest BCUT2D eigenvalue weighted by atomic mass is 9.98. The molecule has 5 heteroatoms. The van der Waals surface area contributed by atoms with Crippen LogP contribution in [0.4, 0.5) is 10.5 Å². The molecule has 0 saturated heterocycles. The van der Waals surface area contributed by atoms with Gasteiger partial charge in [-0.05, 0) is 30.0 Å². The van der Waals surface area contributed by atoms with Crippen LogP contribution in [-0.2, 0) is 4.79 Å². The second-order valence-electron chi connectivity index (χ2n) is 4.86. The van der Waals surface area contributed by atoms with Gasteiger partial charge in [-0.3, -0.25) is 4.79 Å². The molecule has 1 atom stereocenters. The Bertz CT molecular complexity index is 443. The zero-order chi connectivity index (χ0) is 15.0. The Hall–Kier alpha value is -2.04. The molecule has 0 saturated carbocycles. The van der Waals surface area contributed by atoms with Crippen LogP contribution < -0.4 is 10.6 Å². The molecule has 0 bridgehead atoms. The SMILES string of the molecule is CCCCNC(=O)Nc1ccc(C(C)CC(=O)O)cc1. The van der Waals surface area contributed by atoms with Gasteiger partial charge in [0.25, 0.3) is 0 Å². The van der Waals surface area contributed by atoms with Crippen LogP contribution >= 0.6 is 0 Å². The summed E-state index contributed by atoms with van der Waals surface area (Å²) in [5.74, 6) is -0.852. The first-order valence-electron chi connectivity index (χ1n) is 6.89. The lowest BCUT2D eigenvalue weighted by molar-refractivity contribution is -0.137. The molecule has 2 amide bonds. The highest BCUT2D eigenvalue weighted by molar-refractivity contribution is 5.89. The minimum absolute atomic E-state index is 0.0417. The maximum absolute atomic E-state index is 11.6. The fourth-order valence-electron chi connectivity index (χ4n) is 1.83. The number of unbranched alkanes of at least 4 members (excludes halogenated alkanes) is 1. The maximum atomic E-state index is 11.6. The number of benzene rings is 1. The van der Waals surface area contributed by atoms with E-state index in [1.807, 2.05) is 19.1 Å². The van der Waals surface area contributed by atoms with Gasteiger partial charge in [0, 0.05) is 12.2 Å². The molecule has 0 fully saturated rings. The number of aliphatic carboxylic acids is 1. The van der Waals surface area contributed by atoms with Gasteiger partial charge in [0.15, 0.2) is 0 Å². The summed E-state index contributed by atoms with van der Waals surface area (Å²) in [6.07, 6.45) is 2.10. The third-order valence-electron chi connectivity index (χ3n) is 3.03. The highest BCUT2D eigenvalue weighted by Gasteiger charge is 2.10. The molecular formula is C15H22N2O3. The quantitative estimate of drug-likeness (QED) is 0.670. The standard InChI is InChI=1S/C15H22N2O3/c1-3-4-9-16-15(20)17-13-7-5-12(6-8-13)11(2)10-14(18)19/h5-8,11H,3-4,9-10H2,1-2H3,(H,18,19)(H2,16,17,20). The van der Waals surface area contributed by atoms with Gasteiger partial charge in [-0.15, -0.1) is 0 Å². The molecular weight excluding hydrogens is 256 g/mol. The van der Waals surface area contributed by atoms with E-state index < -0.39 is 5.97 Å². The number of nitrogens with one attached hydrogen (secondary N) is 2. The van der Waals surface area contributed by atoms with Crippen LogP contribution in [0.1, 0.15) is 44.6 Å². The van der Waals surface area contributed by atoms with Gasteiger partial charge in [-0.25, -0.2) is 4.79 Å². The number of hydrogen-bond acceptors (Lipinski definition) is 2. The minimum atomic E-state index is -0.810. The summed E-state index contributed by atoms with van der Waals surface area (Å²) >= 11 is 0.